The minimum absolute atomic E-state index is 0.0562. The van der Waals surface area contributed by atoms with Crippen molar-refractivity contribution in [1.82, 2.24) is 9.88 Å². The van der Waals surface area contributed by atoms with E-state index in [1.165, 1.54) is 22.3 Å². The molecule has 3 aromatic rings. The Morgan fingerprint density at radius 1 is 0.912 bits per heavy atom. The molecular formula is C29H28N2O3. The molecular weight excluding hydrogens is 424 g/mol. The molecule has 2 aromatic carbocycles. The molecule has 6 rings (SSSR count). The van der Waals surface area contributed by atoms with Crippen LogP contribution in [0.4, 0.5) is 4.79 Å². The zero-order valence-corrected chi connectivity index (χ0v) is 19.3. The molecule has 172 valence electrons. The summed E-state index contributed by atoms with van der Waals surface area (Å²) in [6, 6.07) is 20.6. The molecule has 0 radical (unpaired) electrons. The smallest absolute Gasteiger partial charge is 0.410 e. The molecule has 2 unspecified atom stereocenters. The number of Topliss-reactive ketones (excluding diaryl/α,β-unsaturated/α-hetero) is 1. The third-order valence-corrected chi connectivity index (χ3v) is 7.81. The Kier molecular flexibility index (Phi) is 5.20. The van der Waals surface area contributed by atoms with Crippen molar-refractivity contribution in [2.45, 2.75) is 50.6 Å². The molecule has 2 saturated heterocycles. The number of ketones is 1. The van der Waals surface area contributed by atoms with E-state index in [0.717, 1.165) is 18.4 Å². The fraction of sp³-hybridized carbons (Fsp3) is 0.345. The summed E-state index contributed by atoms with van der Waals surface area (Å²) in [4.78, 5) is 32.5. The van der Waals surface area contributed by atoms with E-state index in [4.69, 9.17) is 4.74 Å². The lowest BCUT2D eigenvalue weighted by Gasteiger charge is -2.37. The van der Waals surface area contributed by atoms with Gasteiger partial charge < -0.3 is 9.64 Å². The molecule has 2 bridgehead atoms. The van der Waals surface area contributed by atoms with Crippen molar-refractivity contribution in [1.29, 1.82) is 0 Å². The lowest BCUT2D eigenvalue weighted by molar-refractivity contribution is 0.0504. The number of carbonyl (C=O) groups is 2. The number of fused-ring (bicyclic) bond motifs is 5. The highest BCUT2D eigenvalue weighted by atomic mass is 16.6. The predicted octanol–water partition coefficient (Wildman–Crippen LogP) is 5.76. The van der Waals surface area contributed by atoms with Crippen molar-refractivity contribution in [3.8, 4) is 11.1 Å². The van der Waals surface area contributed by atoms with Crippen molar-refractivity contribution in [3.63, 3.8) is 0 Å². The molecule has 34 heavy (non-hydrogen) atoms. The van der Waals surface area contributed by atoms with Crippen LogP contribution < -0.4 is 0 Å². The Labute approximate surface area is 199 Å². The van der Waals surface area contributed by atoms with E-state index < -0.39 is 0 Å². The van der Waals surface area contributed by atoms with Crippen LogP contribution >= 0.6 is 0 Å². The number of hydrogen-bond donors (Lipinski definition) is 0. The first kappa shape index (κ1) is 21.1. The number of carbonyl (C=O) groups excluding carboxylic acids is 2. The van der Waals surface area contributed by atoms with Crippen molar-refractivity contribution < 1.29 is 14.3 Å². The van der Waals surface area contributed by atoms with Gasteiger partial charge in [-0.05, 0) is 66.5 Å². The maximum atomic E-state index is 13.2. The van der Waals surface area contributed by atoms with E-state index in [1.54, 1.807) is 6.20 Å². The first-order valence-corrected chi connectivity index (χ1v) is 12.2. The van der Waals surface area contributed by atoms with Crippen molar-refractivity contribution >= 4 is 11.9 Å². The average Bonchev–Trinajstić information content (AvgIpc) is 3.33. The van der Waals surface area contributed by atoms with Crippen LogP contribution in [0, 0.1) is 12.8 Å². The first-order valence-electron chi connectivity index (χ1n) is 12.2. The SMILES string of the molecule is Cc1ccc(C(=O)C2CC3CCC(C2)N3C(=O)OCC2c3ccccc3-c3ccccc32)nc1. The van der Waals surface area contributed by atoms with Gasteiger partial charge in [0, 0.05) is 30.1 Å². The molecule has 2 fully saturated rings. The summed E-state index contributed by atoms with van der Waals surface area (Å²) in [5, 5.41) is 0. The Hall–Kier alpha value is -3.47. The quantitative estimate of drug-likeness (QED) is 0.472. The number of rotatable bonds is 4. The Balaban J connectivity index is 1.14. The Morgan fingerprint density at radius 3 is 2.12 bits per heavy atom. The number of ether oxygens (including phenoxy) is 1. The lowest BCUT2D eigenvalue weighted by Crippen LogP contribution is -2.48. The van der Waals surface area contributed by atoms with Crippen LogP contribution in [-0.4, -0.2) is 40.5 Å². The number of hydrogen-bond acceptors (Lipinski definition) is 4. The van der Waals surface area contributed by atoms with Gasteiger partial charge in [0.05, 0.1) is 0 Å². The van der Waals surface area contributed by atoms with Crippen LogP contribution in [0.25, 0.3) is 11.1 Å². The molecule has 2 atom stereocenters. The van der Waals surface area contributed by atoms with Crippen LogP contribution in [0.15, 0.2) is 66.9 Å². The molecule has 3 aliphatic rings. The molecule has 1 aliphatic carbocycles. The number of nitrogens with zero attached hydrogens (tertiary/aromatic N) is 2. The number of piperidine rings is 1. The summed E-state index contributed by atoms with van der Waals surface area (Å²) in [6.07, 6.45) is 4.74. The van der Waals surface area contributed by atoms with Crippen molar-refractivity contribution in [3.05, 3.63) is 89.2 Å². The first-order chi connectivity index (χ1) is 16.6. The van der Waals surface area contributed by atoms with Gasteiger partial charge in [0.25, 0.3) is 0 Å². The lowest BCUT2D eigenvalue weighted by atomic mass is 9.86. The minimum atomic E-state index is -0.242. The van der Waals surface area contributed by atoms with Gasteiger partial charge in [-0.2, -0.15) is 0 Å². The van der Waals surface area contributed by atoms with Crippen LogP contribution in [0.5, 0.6) is 0 Å². The number of benzene rings is 2. The maximum Gasteiger partial charge on any atom is 0.410 e. The predicted molar refractivity (Wildman–Crippen MR) is 130 cm³/mol. The van der Waals surface area contributed by atoms with Gasteiger partial charge in [-0.1, -0.05) is 54.6 Å². The van der Waals surface area contributed by atoms with Gasteiger partial charge >= 0.3 is 6.09 Å². The van der Waals surface area contributed by atoms with Gasteiger partial charge in [-0.25, -0.2) is 4.79 Å². The summed E-state index contributed by atoms with van der Waals surface area (Å²) >= 11 is 0. The molecule has 0 N–H and O–H groups in total. The number of amides is 1. The molecule has 0 spiro atoms. The van der Waals surface area contributed by atoms with E-state index in [-0.39, 0.29) is 35.8 Å². The third-order valence-electron chi connectivity index (χ3n) is 7.81. The summed E-state index contributed by atoms with van der Waals surface area (Å²) in [5.74, 6) is 0.0789. The third kappa shape index (κ3) is 3.51. The zero-order valence-electron chi connectivity index (χ0n) is 19.3. The monoisotopic (exact) mass is 452 g/mol. The van der Waals surface area contributed by atoms with Gasteiger partial charge in [0.2, 0.25) is 0 Å². The van der Waals surface area contributed by atoms with E-state index in [1.807, 2.05) is 36.1 Å². The van der Waals surface area contributed by atoms with E-state index in [0.29, 0.717) is 25.1 Å². The number of pyridine rings is 1. The molecule has 1 amide bonds. The second-order valence-electron chi connectivity index (χ2n) is 9.85. The fourth-order valence-corrected chi connectivity index (χ4v) is 6.18. The highest BCUT2D eigenvalue weighted by molar-refractivity contribution is 5.96. The number of aryl methyl sites for hydroxylation is 1. The molecule has 0 saturated carbocycles. The van der Waals surface area contributed by atoms with Gasteiger partial charge in [-0.15, -0.1) is 0 Å². The normalized spacial score (nSPS) is 22.9. The van der Waals surface area contributed by atoms with Gasteiger partial charge in [0.15, 0.2) is 5.78 Å². The summed E-state index contributed by atoms with van der Waals surface area (Å²) in [6.45, 7) is 2.30. The van der Waals surface area contributed by atoms with Crippen LogP contribution in [-0.2, 0) is 4.74 Å². The largest absolute Gasteiger partial charge is 0.448 e. The fourth-order valence-electron chi connectivity index (χ4n) is 6.18. The van der Waals surface area contributed by atoms with Gasteiger partial charge in [0.1, 0.15) is 12.3 Å². The molecule has 3 heterocycles. The molecule has 1 aromatic heterocycles. The molecule has 5 nitrogen and oxygen atoms in total. The second kappa shape index (κ2) is 8.39. The Bertz CT molecular complexity index is 1190. The van der Waals surface area contributed by atoms with Gasteiger partial charge in [-0.3, -0.25) is 9.78 Å². The summed E-state index contributed by atoms with van der Waals surface area (Å²) in [7, 11) is 0. The zero-order chi connectivity index (χ0) is 23.2. The molecule has 2 aliphatic heterocycles. The van der Waals surface area contributed by atoms with Crippen LogP contribution in [0.2, 0.25) is 0 Å². The minimum Gasteiger partial charge on any atom is -0.448 e. The van der Waals surface area contributed by atoms with E-state index in [2.05, 4.69) is 41.4 Å². The standard InChI is InChI=1S/C29H28N2O3/c1-18-10-13-27(30-16-18)28(32)19-14-20-11-12-21(15-19)31(20)29(33)34-17-26-24-8-4-2-6-22(24)23-7-3-5-9-25(23)26/h2-10,13,16,19-21,26H,11-12,14-15,17H2,1H3. The van der Waals surface area contributed by atoms with Crippen molar-refractivity contribution in [2.75, 3.05) is 6.61 Å². The van der Waals surface area contributed by atoms with Crippen molar-refractivity contribution in [2.24, 2.45) is 5.92 Å². The molecule has 5 heteroatoms. The second-order valence-corrected chi connectivity index (χ2v) is 9.85. The van der Waals surface area contributed by atoms with Crippen LogP contribution in [0.3, 0.4) is 0 Å². The summed E-state index contributed by atoms with van der Waals surface area (Å²) in [5.41, 5.74) is 6.46. The summed E-state index contributed by atoms with van der Waals surface area (Å²) < 4.78 is 5.94. The highest BCUT2D eigenvalue weighted by Gasteiger charge is 2.46. The van der Waals surface area contributed by atoms with Crippen LogP contribution in [0.1, 0.15) is 58.8 Å². The average molecular weight is 453 g/mol. The van der Waals surface area contributed by atoms with E-state index in [9.17, 15) is 9.59 Å². The maximum absolute atomic E-state index is 13.2. The number of aromatic nitrogens is 1. The Morgan fingerprint density at radius 2 is 1.53 bits per heavy atom. The topological polar surface area (TPSA) is 59.5 Å². The van der Waals surface area contributed by atoms with E-state index >= 15 is 0 Å². The highest BCUT2D eigenvalue weighted by Crippen LogP contribution is 2.45.